The summed E-state index contributed by atoms with van der Waals surface area (Å²) < 4.78 is 23.6. The van der Waals surface area contributed by atoms with E-state index in [2.05, 4.69) is 5.32 Å². The second kappa shape index (κ2) is 7.40. The van der Waals surface area contributed by atoms with Gasteiger partial charge in [-0.15, -0.1) is 0 Å². The van der Waals surface area contributed by atoms with Crippen molar-refractivity contribution in [3.05, 3.63) is 59.9 Å². The van der Waals surface area contributed by atoms with Crippen LogP contribution in [-0.4, -0.2) is 25.1 Å². The molecule has 0 aliphatic rings. The molecule has 2 aromatic rings. The highest BCUT2D eigenvalue weighted by atomic mass is 19.1. The van der Waals surface area contributed by atoms with Gasteiger partial charge < -0.3 is 14.8 Å². The highest BCUT2D eigenvalue weighted by molar-refractivity contribution is 5.97. The number of ether oxygens (including phenoxy) is 2. The Bertz CT molecular complexity index is 717. The zero-order valence-corrected chi connectivity index (χ0v) is 12.7. The van der Waals surface area contributed by atoms with E-state index in [0.29, 0.717) is 5.75 Å². The largest absolute Gasteiger partial charge is 0.497 e. The number of benzene rings is 2. The van der Waals surface area contributed by atoms with E-state index < -0.39 is 23.8 Å². The summed E-state index contributed by atoms with van der Waals surface area (Å²) in [6.45, 7) is 1.41. The Kier molecular flexibility index (Phi) is 5.30. The number of amides is 1. The van der Waals surface area contributed by atoms with Gasteiger partial charge >= 0.3 is 5.97 Å². The minimum Gasteiger partial charge on any atom is -0.497 e. The van der Waals surface area contributed by atoms with Crippen LogP contribution in [0.25, 0.3) is 0 Å². The SMILES string of the molecule is COc1cccc(C(=O)OC(C)C(=O)Nc2ccccc2F)c1. The minimum absolute atomic E-state index is 0.0294. The normalized spacial score (nSPS) is 11.4. The molecule has 0 fully saturated rings. The fraction of sp³-hybridized carbons (Fsp3) is 0.176. The number of esters is 1. The lowest BCUT2D eigenvalue weighted by Gasteiger charge is -2.14. The monoisotopic (exact) mass is 317 g/mol. The zero-order valence-electron chi connectivity index (χ0n) is 12.7. The predicted octanol–water partition coefficient (Wildman–Crippen LogP) is 3.02. The number of nitrogens with one attached hydrogen (secondary N) is 1. The van der Waals surface area contributed by atoms with Gasteiger partial charge in [0.25, 0.3) is 5.91 Å². The number of rotatable bonds is 5. The van der Waals surface area contributed by atoms with Crippen LogP contribution in [0, 0.1) is 5.82 Å². The van der Waals surface area contributed by atoms with E-state index in [-0.39, 0.29) is 11.3 Å². The van der Waals surface area contributed by atoms with E-state index in [1.54, 1.807) is 24.3 Å². The molecule has 5 nitrogen and oxygen atoms in total. The van der Waals surface area contributed by atoms with Crippen molar-refractivity contribution in [1.82, 2.24) is 0 Å². The third kappa shape index (κ3) is 4.29. The van der Waals surface area contributed by atoms with Gasteiger partial charge in [-0.25, -0.2) is 9.18 Å². The molecule has 1 atom stereocenters. The quantitative estimate of drug-likeness (QED) is 0.861. The molecular formula is C17H16FNO4. The summed E-state index contributed by atoms with van der Waals surface area (Å²) in [6.07, 6.45) is -1.08. The Labute approximate surface area is 133 Å². The van der Waals surface area contributed by atoms with Gasteiger partial charge in [0.1, 0.15) is 11.6 Å². The van der Waals surface area contributed by atoms with Crippen LogP contribution < -0.4 is 10.1 Å². The molecule has 0 aliphatic carbocycles. The molecule has 1 N–H and O–H groups in total. The molecular weight excluding hydrogens is 301 g/mol. The number of para-hydroxylation sites is 1. The molecule has 0 radical (unpaired) electrons. The highest BCUT2D eigenvalue weighted by Crippen LogP contribution is 2.15. The third-order valence-electron chi connectivity index (χ3n) is 3.09. The summed E-state index contributed by atoms with van der Waals surface area (Å²) in [6, 6.07) is 12.1. The van der Waals surface area contributed by atoms with Crippen molar-refractivity contribution < 1.29 is 23.5 Å². The zero-order chi connectivity index (χ0) is 16.8. The van der Waals surface area contributed by atoms with E-state index in [4.69, 9.17) is 9.47 Å². The Morgan fingerprint density at radius 2 is 1.87 bits per heavy atom. The first-order valence-electron chi connectivity index (χ1n) is 6.91. The summed E-state index contributed by atoms with van der Waals surface area (Å²) in [7, 11) is 1.48. The van der Waals surface area contributed by atoms with Crippen LogP contribution in [0.4, 0.5) is 10.1 Å². The first-order valence-corrected chi connectivity index (χ1v) is 6.91. The second-order valence-corrected chi connectivity index (χ2v) is 4.75. The van der Waals surface area contributed by atoms with E-state index in [0.717, 1.165) is 0 Å². The Hall–Kier alpha value is -2.89. The number of carbonyl (C=O) groups excluding carboxylic acids is 2. The molecule has 120 valence electrons. The van der Waals surface area contributed by atoms with Gasteiger partial charge in [-0.3, -0.25) is 4.79 Å². The average Bonchev–Trinajstić information content (AvgIpc) is 2.56. The van der Waals surface area contributed by atoms with E-state index in [1.807, 2.05) is 0 Å². The van der Waals surface area contributed by atoms with Crippen molar-refractivity contribution in [3.63, 3.8) is 0 Å². The van der Waals surface area contributed by atoms with Crippen molar-refractivity contribution in [2.75, 3.05) is 12.4 Å². The molecule has 0 saturated carbocycles. The van der Waals surface area contributed by atoms with E-state index in [1.165, 1.54) is 38.3 Å². The molecule has 0 bridgehead atoms. The molecule has 6 heteroatoms. The molecule has 1 unspecified atom stereocenters. The minimum atomic E-state index is -1.08. The fourth-order valence-electron chi connectivity index (χ4n) is 1.83. The topological polar surface area (TPSA) is 64.6 Å². The lowest BCUT2D eigenvalue weighted by Crippen LogP contribution is -2.30. The Morgan fingerprint density at radius 3 is 2.57 bits per heavy atom. The van der Waals surface area contributed by atoms with Crippen molar-refractivity contribution >= 4 is 17.6 Å². The number of halogens is 1. The van der Waals surface area contributed by atoms with Gasteiger partial charge in [0, 0.05) is 0 Å². The number of anilines is 1. The van der Waals surface area contributed by atoms with Gasteiger partial charge in [-0.2, -0.15) is 0 Å². The molecule has 1 amide bonds. The van der Waals surface area contributed by atoms with Gasteiger partial charge in [-0.1, -0.05) is 18.2 Å². The van der Waals surface area contributed by atoms with Crippen molar-refractivity contribution in [3.8, 4) is 5.75 Å². The van der Waals surface area contributed by atoms with Gasteiger partial charge in [0.2, 0.25) is 0 Å². The average molecular weight is 317 g/mol. The molecule has 23 heavy (non-hydrogen) atoms. The Morgan fingerprint density at radius 1 is 1.13 bits per heavy atom. The van der Waals surface area contributed by atoms with Crippen LogP contribution in [0.3, 0.4) is 0 Å². The first-order chi connectivity index (χ1) is 11.0. The smallest absolute Gasteiger partial charge is 0.339 e. The summed E-state index contributed by atoms with van der Waals surface area (Å²) in [5.74, 6) is -1.35. The maximum absolute atomic E-state index is 13.5. The van der Waals surface area contributed by atoms with Gasteiger partial charge in [0.05, 0.1) is 18.4 Å². The van der Waals surface area contributed by atoms with Crippen molar-refractivity contribution in [2.45, 2.75) is 13.0 Å². The summed E-state index contributed by atoms with van der Waals surface area (Å²) in [5, 5.41) is 2.37. The standard InChI is InChI=1S/C17H16FNO4/c1-11(16(20)19-15-9-4-3-8-14(15)18)23-17(21)12-6-5-7-13(10-12)22-2/h3-11H,1-2H3,(H,19,20). The van der Waals surface area contributed by atoms with Crippen LogP contribution in [0.1, 0.15) is 17.3 Å². The molecule has 0 aliphatic heterocycles. The van der Waals surface area contributed by atoms with Crippen LogP contribution in [0.2, 0.25) is 0 Å². The molecule has 2 rings (SSSR count). The maximum atomic E-state index is 13.5. The van der Waals surface area contributed by atoms with E-state index >= 15 is 0 Å². The first kappa shape index (κ1) is 16.5. The molecule has 0 aromatic heterocycles. The second-order valence-electron chi connectivity index (χ2n) is 4.75. The number of hydrogen-bond acceptors (Lipinski definition) is 4. The van der Waals surface area contributed by atoms with Crippen molar-refractivity contribution in [2.24, 2.45) is 0 Å². The predicted molar refractivity (Wildman–Crippen MR) is 82.9 cm³/mol. The molecule has 0 heterocycles. The molecule has 0 spiro atoms. The third-order valence-corrected chi connectivity index (χ3v) is 3.09. The van der Waals surface area contributed by atoms with Crippen LogP contribution in [-0.2, 0) is 9.53 Å². The highest BCUT2D eigenvalue weighted by Gasteiger charge is 2.20. The lowest BCUT2D eigenvalue weighted by atomic mass is 10.2. The van der Waals surface area contributed by atoms with Crippen LogP contribution in [0.5, 0.6) is 5.75 Å². The fourth-order valence-corrected chi connectivity index (χ4v) is 1.83. The maximum Gasteiger partial charge on any atom is 0.339 e. The van der Waals surface area contributed by atoms with E-state index in [9.17, 15) is 14.0 Å². The van der Waals surface area contributed by atoms with Crippen molar-refractivity contribution in [1.29, 1.82) is 0 Å². The van der Waals surface area contributed by atoms with Gasteiger partial charge in [0.15, 0.2) is 6.10 Å². The Balaban J connectivity index is 2.00. The van der Waals surface area contributed by atoms with Gasteiger partial charge in [-0.05, 0) is 37.3 Å². The number of carbonyl (C=O) groups is 2. The molecule has 2 aromatic carbocycles. The summed E-state index contributed by atoms with van der Waals surface area (Å²) in [5.41, 5.74) is 0.289. The van der Waals surface area contributed by atoms with Crippen LogP contribution >= 0.6 is 0 Å². The summed E-state index contributed by atoms with van der Waals surface area (Å²) in [4.78, 5) is 24.0. The molecule has 0 saturated heterocycles. The summed E-state index contributed by atoms with van der Waals surface area (Å²) >= 11 is 0. The number of hydrogen-bond donors (Lipinski definition) is 1. The lowest BCUT2D eigenvalue weighted by molar-refractivity contribution is -0.123. The van der Waals surface area contributed by atoms with Crippen LogP contribution in [0.15, 0.2) is 48.5 Å². The number of methoxy groups -OCH3 is 1.